The van der Waals surface area contributed by atoms with Crippen LogP contribution in [0.1, 0.15) is 50.4 Å². The Hall–Kier alpha value is -2.75. The van der Waals surface area contributed by atoms with Gasteiger partial charge < -0.3 is 19.9 Å². The predicted molar refractivity (Wildman–Crippen MR) is 138 cm³/mol. The first-order valence-corrected chi connectivity index (χ1v) is 13.2. The number of rotatable bonds is 5. The fraction of sp³-hybridized carbons (Fsp3) is 0.577. The van der Waals surface area contributed by atoms with E-state index in [-0.39, 0.29) is 0 Å². The van der Waals surface area contributed by atoms with Gasteiger partial charge in [-0.3, -0.25) is 10.2 Å². The van der Waals surface area contributed by atoms with Gasteiger partial charge in [-0.15, -0.1) is 0 Å². The second-order valence-corrected chi connectivity index (χ2v) is 10.2. The summed E-state index contributed by atoms with van der Waals surface area (Å²) in [5.74, 6) is 2.21. The van der Waals surface area contributed by atoms with Crippen molar-refractivity contribution in [1.82, 2.24) is 29.7 Å². The number of fused-ring (bicyclic) bond motifs is 3. The van der Waals surface area contributed by atoms with Gasteiger partial charge in [-0.05, 0) is 56.3 Å². The van der Waals surface area contributed by atoms with E-state index in [1.165, 1.54) is 37.9 Å². The third kappa shape index (κ3) is 5.27. The van der Waals surface area contributed by atoms with Crippen molar-refractivity contribution in [2.24, 2.45) is 5.92 Å². The number of pyridine rings is 1. The van der Waals surface area contributed by atoms with Gasteiger partial charge in [0.1, 0.15) is 17.7 Å². The van der Waals surface area contributed by atoms with Crippen LogP contribution in [0.3, 0.4) is 0 Å². The van der Waals surface area contributed by atoms with Gasteiger partial charge in [0.05, 0.1) is 17.6 Å². The Morgan fingerprint density at radius 3 is 2.63 bits per heavy atom. The van der Waals surface area contributed by atoms with Crippen LogP contribution in [0, 0.1) is 5.92 Å². The number of aryl methyl sites for hydroxylation is 1. The Morgan fingerprint density at radius 1 is 0.971 bits per heavy atom. The highest BCUT2D eigenvalue weighted by atomic mass is 16.3. The van der Waals surface area contributed by atoms with Crippen LogP contribution in [-0.2, 0) is 6.54 Å². The Labute approximate surface area is 206 Å². The highest BCUT2D eigenvalue weighted by Crippen LogP contribution is 2.30. The van der Waals surface area contributed by atoms with E-state index in [0.29, 0.717) is 5.95 Å². The molecule has 0 aromatic carbocycles. The molecule has 3 aromatic rings. The average Bonchev–Trinajstić information content (AvgIpc) is 3.63. The maximum Gasteiger partial charge on any atom is 0.230 e. The summed E-state index contributed by atoms with van der Waals surface area (Å²) in [5, 5.41) is 18.1. The second-order valence-electron chi connectivity index (χ2n) is 10.2. The zero-order valence-electron chi connectivity index (χ0n) is 20.4. The van der Waals surface area contributed by atoms with Gasteiger partial charge >= 0.3 is 0 Å². The average molecular weight is 477 g/mol. The van der Waals surface area contributed by atoms with Crippen molar-refractivity contribution >= 4 is 28.5 Å². The molecular weight excluding hydrogens is 440 g/mol. The SMILES string of the molecule is OC1NCCCCCCn2c1cc1cnc(Nc3ccc(N4CCN(CC5CC5)CC4)cn3)nc12. The van der Waals surface area contributed by atoms with Crippen LogP contribution in [0.2, 0.25) is 0 Å². The normalized spacial score (nSPS) is 22.2. The maximum atomic E-state index is 10.7. The van der Waals surface area contributed by atoms with Crippen LogP contribution >= 0.6 is 0 Å². The summed E-state index contributed by atoms with van der Waals surface area (Å²) in [6.07, 6.45) is 10.4. The number of nitrogens with zero attached hydrogens (tertiary/aromatic N) is 6. The molecule has 9 nitrogen and oxygen atoms in total. The zero-order valence-corrected chi connectivity index (χ0v) is 20.4. The lowest BCUT2D eigenvalue weighted by Gasteiger charge is -2.36. The highest BCUT2D eigenvalue weighted by Gasteiger charge is 2.26. The first kappa shape index (κ1) is 22.7. The molecule has 0 radical (unpaired) electrons. The van der Waals surface area contributed by atoms with Crippen LogP contribution in [0.25, 0.3) is 11.0 Å². The summed E-state index contributed by atoms with van der Waals surface area (Å²) in [5.41, 5.74) is 2.87. The number of hydrogen-bond donors (Lipinski definition) is 3. The Balaban J connectivity index is 1.14. The molecule has 186 valence electrons. The molecule has 35 heavy (non-hydrogen) atoms. The summed E-state index contributed by atoms with van der Waals surface area (Å²) in [4.78, 5) is 19.0. The summed E-state index contributed by atoms with van der Waals surface area (Å²) >= 11 is 0. The molecule has 5 heterocycles. The van der Waals surface area contributed by atoms with E-state index in [2.05, 4.69) is 41.0 Å². The molecule has 1 unspecified atom stereocenters. The quantitative estimate of drug-likeness (QED) is 0.517. The minimum Gasteiger partial charge on any atom is -0.373 e. The van der Waals surface area contributed by atoms with Gasteiger partial charge in [0.15, 0.2) is 0 Å². The van der Waals surface area contributed by atoms with Crippen molar-refractivity contribution in [3.63, 3.8) is 0 Å². The standard InChI is InChI=1S/C26H36N8O/c35-25-22-15-20-16-29-26(31-24(20)34(22)10-4-2-1-3-9-27-25)30-23-8-7-21(17-28-23)33-13-11-32(12-14-33)18-19-5-6-19/h7-8,15-17,19,25,27,35H,1-6,9-14,18H2,(H,28,29,30,31). The van der Waals surface area contributed by atoms with Gasteiger partial charge in [0.25, 0.3) is 0 Å². The van der Waals surface area contributed by atoms with Gasteiger partial charge in [0, 0.05) is 50.9 Å². The van der Waals surface area contributed by atoms with Crippen LogP contribution in [0.4, 0.5) is 17.5 Å². The molecule has 0 bridgehead atoms. The van der Waals surface area contributed by atoms with Crippen molar-refractivity contribution in [1.29, 1.82) is 0 Å². The van der Waals surface area contributed by atoms with Crippen LogP contribution in [-0.4, -0.2) is 68.8 Å². The third-order valence-electron chi connectivity index (χ3n) is 7.53. The highest BCUT2D eigenvalue weighted by molar-refractivity contribution is 5.78. The van der Waals surface area contributed by atoms with E-state index in [1.807, 2.05) is 24.5 Å². The number of nitrogens with one attached hydrogen (secondary N) is 2. The van der Waals surface area contributed by atoms with Crippen molar-refractivity contribution in [3.8, 4) is 0 Å². The monoisotopic (exact) mass is 476 g/mol. The lowest BCUT2D eigenvalue weighted by molar-refractivity contribution is 0.129. The number of aromatic nitrogens is 4. The van der Waals surface area contributed by atoms with E-state index in [1.54, 1.807) is 0 Å². The largest absolute Gasteiger partial charge is 0.373 e. The molecular formula is C26H36N8O. The molecule has 2 aliphatic heterocycles. The number of anilines is 3. The van der Waals surface area contributed by atoms with Crippen molar-refractivity contribution in [2.45, 2.75) is 51.3 Å². The molecule has 1 saturated carbocycles. The van der Waals surface area contributed by atoms with Crippen molar-refractivity contribution < 1.29 is 5.11 Å². The van der Waals surface area contributed by atoms with E-state index >= 15 is 0 Å². The third-order valence-corrected chi connectivity index (χ3v) is 7.53. The molecule has 6 rings (SSSR count). The first-order valence-electron chi connectivity index (χ1n) is 13.2. The van der Waals surface area contributed by atoms with Crippen molar-refractivity contribution in [2.75, 3.05) is 49.5 Å². The van der Waals surface area contributed by atoms with E-state index in [0.717, 1.165) is 80.6 Å². The number of hydrogen-bond acceptors (Lipinski definition) is 8. The molecule has 1 saturated heterocycles. The lowest BCUT2D eigenvalue weighted by atomic mass is 10.1. The summed E-state index contributed by atoms with van der Waals surface area (Å²) in [7, 11) is 0. The molecule has 0 spiro atoms. The van der Waals surface area contributed by atoms with E-state index in [4.69, 9.17) is 4.98 Å². The predicted octanol–water partition coefficient (Wildman–Crippen LogP) is 3.26. The zero-order chi connectivity index (χ0) is 23.6. The van der Waals surface area contributed by atoms with Crippen molar-refractivity contribution in [3.05, 3.63) is 36.3 Å². The summed E-state index contributed by atoms with van der Waals surface area (Å²) < 4.78 is 2.13. The molecule has 3 aliphatic rings. The van der Waals surface area contributed by atoms with Gasteiger partial charge in [-0.1, -0.05) is 12.8 Å². The molecule has 3 N–H and O–H groups in total. The molecule has 9 heteroatoms. The topological polar surface area (TPSA) is 94.4 Å². The molecule has 1 aliphatic carbocycles. The minimum atomic E-state index is -0.691. The summed E-state index contributed by atoms with van der Waals surface area (Å²) in [6, 6.07) is 6.13. The summed E-state index contributed by atoms with van der Waals surface area (Å²) in [6.45, 7) is 7.32. The molecule has 2 fully saturated rings. The smallest absolute Gasteiger partial charge is 0.230 e. The second kappa shape index (κ2) is 10.1. The number of aliphatic hydroxyl groups excluding tert-OH is 1. The number of aliphatic hydroxyl groups is 1. The fourth-order valence-corrected chi connectivity index (χ4v) is 5.29. The Morgan fingerprint density at radius 2 is 1.83 bits per heavy atom. The first-order chi connectivity index (χ1) is 17.2. The Kier molecular flexibility index (Phi) is 6.54. The lowest BCUT2D eigenvalue weighted by Crippen LogP contribution is -2.47. The van der Waals surface area contributed by atoms with E-state index < -0.39 is 6.23 Å². The molecule has 0 amide bonds. The Bertz CT molecular complexity index is 1130. The van der Waals surface area contributed by atoms with E-state index in [9.17, 15) is 5.11 Å². The minimum absolute atomic E-state index is 0.520. The fourth-order valence-electron chi connectivity index (χ4n) is 5.29. The van der Waals surface area contributed by atoms with Gasteiger partial charge in [0.2, 0.25) is 5.95 Å². The van der Waals surface area contributed by atoms with Crippen LogP contribution < -0.4 is 15.5 Å². The van der Waals surface area contributed by atoms with Gasteiger partial charge in [-0.2, -0.15) is 4.98 Å². The van der Waals surface area contributed by atoms with Gasteiger partial charge in [-0.25, -0.2) is 9.97 Å². The molecule has 3 aromatic heterocycles. The van der Waals surface area contributed by atoms with Crippen LogP contribution in [0.15, 0.2) is 30.6 Å². The maximum absolute atomic E-state index is 10.7. The van der Waals surface area contributed by atoms with Crippen LogP contribution in [0.5, 0.6) is 0 Å². The molecule has 1 atom stereocenters. The number of piperazine rings is 1.